The highest BCUT2D eigenvalue weighted by Gasteiger charge is 2.23. The lowest BCUT2D eigenvalue weighted by molar-refractivity contribution is -0.870. The predicted molar refractivity (Wildman–Crippen MR) is 399 cm³/mol. The molecule has 0 saturated heterocycles. The van der Waals surface area contributed by atoms with Crippen molar-refractivity contribution in [1.29, 1.82) is 0 Å². The highest BCUT2D eigenvalue weighted by Crippen LogP contribution is 2.38. The first-order valence-electron chi connectivity index (χ1n) is 40.5. The van der Waals surface area contributed by atoms with Crippen molar-refractivity contribution in [2.24, 2.45) is 0 Å². The number of nitrogens with one attached hydrogen (secondary N) is 1. The molecular formula is C82H159N2O6P. The fourth-order valence-corrected chi connectivity index (χ4v) is 13.2. The highest BCUT2D eigenvalue weighted by molar-refractivity contribution is 7.45. The van der Waals surface area contributed by atoms with Gasteiger partial charge in [0.25, 0.3) is 7.82 Å². The third-order valence-electron chi connectivity index (χ3n) is 18.8. The molecule has 0 bridgehead atoms. The maximum Gasteiger partial charge on any atom is 0.268 e. The molecule has 0 rings (SSSR count). The summed E-state index contributed by atoms with van der Waals surface area (Å²) in [5.74, 6) is -0.198. The van der Waals surface area contributed by atoms with E-state index in [1.165, 1.54) is 353 Å². The van der Waals surface area contributed by atoms with E-state index in [-0.39, 0.29) is 19.1 Å². The number of carbonyl (C=O) groups excluding carboxylic acids is 1. The van der Waals surface area contributed by atoms with E-state index in [0.717, 1.165) is 44.9 Å². The second kappa shape index (κ2) is 72.7. The van der Waals surface area contributed by atoms with E-state index >= 15 is 0 Å². The van der Waals surface area contributed by atoms with Gasteiger partial charge in [0.05, 0.1) is 39.9 Å². The first kappa shape index (κ1) is 89.5. The minimum atomic E-state index is -4.62. The van der Waals surface area contributed by atoms with E-state index in [4.69, 9.17) is 9.05 Å². The Morgan fingerprint density at radius 2 is 0.648 bits per heavy atom. The van der Waals surface area contributed by atoms with Gasteiger partial charge in [0.15, 0.2) is 0 Å². The number of aliphatic hydroxyl groups is 1. The van der Waals surface area contributed by atoms with Crippen molar-refractivity contribution in [3.63, 3.8) is 0 Å². The maximum absolute atomic E-state index is 13.1. The molecule has 3 unspecified atom stereocenters. The van der Waals surface area contributed by atoms with Gasteiger partial charge in [0, 0.05) is 6.42 Å². The summed E-state index contributed by atoms with van der Waals surface area (Å²) in [6.45, 7) is 4.68. The first-order valence-corrected chi connectivity index (χ1v) is 42.0. The van der Waals surface area contributed by atoms with Crippen LogP contribution in [0.3, 0.4) is 0 Å². The lowest BCUT2D eigenvalue weighted by atomic mass is 10.0. The van der Waals surface area contributed by atoms with Crippen molar-refractivity contribution in [2.75, 3.05) is 40.9 Å². The van der Waals surface area contributed by atoms with Crippen molar-refractivity contribution in [2.45, 2.75) is 431 Å². The smallest absolute Gasteiger partial charge is 0.268 e. The SMILES string of the molecule is CCCCCCC/C=C\C/C=C\CCCCCCCCCCCCCCCCCCCCCCCCCCCCCC(=O)NC(COP(=O)([O-])OCC[N+](C)(C)C)C(O)/C=C/CC/C=C/CCCCCCCCCCCCCCCCCCCCCCCCCC. The average Bonchev–Trinajstić information content (AvgIpc) is 3.58. The molecular weight excluding hydrogens is 1140 g/mol. The molecule has 1 amide bonds. The molecule has 2 N–H and O–H groups in total. The third kappa shape index (κ3) is 75.7. The summed E-state index contributed by atoms with van der Waals surface area (Å²) in [4.78, 5) is 25.7. The summed E-state index contributed by atoms with van der Waals surface area (Å²) in [7, 11) is 1.26. The fraction of sp³-hybridized carbons (Fsp3) is 0.890. The molecule has 0 aliphatic heterocycles. The summed E-state index contributed by atoms with van der Waals surface area (Å²) in [5, 5.41) is 14.0. The van der Waals surface area contributed by atoms with E-state index in [9.17, 15) is 19.4 Å². The molecule has 0 heterocycles. The Kier molecular flexibility index (Phi) is 71.5. The van der Waals surface area contributed by atoms with Crippen molar-refractivity contribution in [1.82, 2.24) is 5.32 Å². The number of allylic oxidation sites excluding steroid dienone is 7. The largest absolute Gasteiger partial charge is 0.756 e. The van der Waals surface area contributed by atoms with E-state index in [1.54, 1.807) is 6.08 Å². The van der Waals surface area contributed by atoms with Crippen molar-refractivity contribution < 1.29 is 32.9 Å². The van der Waals surface area contributed by atoms with Crippen LogP contribution in [0.5, 0.6) is 0 Å². The number of quaternary nitrogens is 1. The zero-order chi connectivity index (χ0) is 66.2. The van der Waals surface area contributed by atoms with Gasteiger partial charge in [0.1, 0.15) is 13.2 Å². The van der Waals surface area contributed by atoms with Crippen molar-refractivity contribution in [3.05, 3.63) is 48.6 Å². The number of rotatable bonds is 76. The minimum absolute atomic E-state index is 0.00449. The summed E-state index contributed by atoms with van der Waals surface area (Å²) in [6, 6.07) is -0.905. The molecule has 9 heteroatoms. The van der Waals surface area contributed by atoms with Crippen LogP contribution < -0.4 is 10.2 Å². The van der Waals surface area contributed by atoms with Crippen LogP contribution in [0.1, 0.15) is 418 Å². The van der Waals surface area contributed by atoms with E-state index in [2.05, 4.69) is 55.6 Å². The Hall–Kier alpha value is -1.54. The van der Waals surface area contributed by atoms with Gasteiger partial charge in [0.2, 0.25) is 5.91 Å². The Morgan fingerprint density at radius 1 is 0.385 bits per heavy atom. The van der Waals surface area contributed by atoms with Gasteiger partial charge in [-0.05, 0) is 64.2 Å². The number of likely N-dealkylation sites (N-methyl/N-ethyl adjacent to an activating group) is 1. The first-order chi connectivity index (χ1) is 44.5. The highest BCUT2D eigenvalue weighted by atomic mass is 31.2. The number of hydrogen-bond donors (Lipinski definition) is 2. The topological polar surface area (TPSA) is 108 Å². The monoisotopic (exact) mass is 1300 g/mol. The average molecular weight is 1300 g/mol. The molecule has 538 valence electrons. The second-order valence-electron chi connectivity index (χ2n) is 29.1. The van der Waals surface area contributed by atoms with Gasteiger partial charge in [-0.2, -0.15) is 0 Å². The van der Waals surface area contributed by atoms with Gasteiger partial charge < -0.3 is 28.8 Å². The van der Waals surface area contributed by atoms with Gasteiger partial charge in [-0.15, -0.1) is 0 Å². The van der Waals surface area contributed by atoms with Gasteiger partial charge in [-0.3, -0.25) is 9.36 Å². The molecule has 3 atom stereocenters. The van der Waals surface area contributed by atoms with Crippen LogP contribution in [0, 0.1) is 0 Å². The summed E-state index contributed by atoms with van der Waals surface area (Å²) in [5.41, 5.74) is 0. The van der Waals surface area contributed by atoms with Crippen LogP contribution in [0.25, 0.3) is 0 Å². The third-order valence-corrected chi connectivity index (χ3v) is 19.7. The molecule has 0 saturated carbocycles. The summed E-state index contributed by atoms with van der Waals surface area (Å²) < 4.78 is 23.5. The quantitative estimate of drug-likeness (QED) is 0.0272. The number of unbranched alkanes of at least 4 members (excludes halogenated alkanes) is 57. The zero-order valence-corrected chi connectivity index (χ0v) is 62.7. The zero-order valence-electron chi connectivity index (χ0n) is 61.8. The number of amides is 1. The Bertz CT molecular complexity index is 1630. The molecule has 0 radical (unpaired) electrons. The fourth-order valence-electron chi connectivity index (χ4n) is 12.5. The van der Waals surface area contributed by atoms with Crippen LogP contribution >= 0.6 is 7.82 Å². The van der Waals surface area contributed by atoms with E-state index < -0.39 is 20.0 Å². The van der Waals surface area contributed by atoms with Crippen molar-refractivity contribution >= 4 is 13.7 Å². The molecule has 0 aromatic rings. The molecule has 0 aliphatic rings. The van der Waals surface area contributed by atoms with Gasteiger partial charge in [-0.25, -0.2) is 0 Å². The van der Waals surface area contributed by atoms with E-state index in [1.807, 2.05) is 27.2 Å². The number of phosphoric ester groups is 1. The predicted octanol–water partition coefficient (Wildman–Crippen LogP) is 25.9. The van der Waals surface area contributed by atoms with Crippen LogP contribution in [-0.4, -0.2) is 68.5 Å². The Labute approximate surface area is 569 Å². The Balaban J connectivity index is 3.95. The molecule has 0 aromatic heterocycles. The van der Waals surface area contributed by atoms with Crippen LogP contribution in [0.2, 0.25) is 0 Å². The molecule has 0 aliphatic carbocycles. The molecule has 0 fully saturated rings. The van der Waals surface area contributed by atoms with Crippen LogP contribution in [0.15, 0.2) is 48.6 Å². The lowest BCUT2D eigenvalue weighted by Crippen LogP contribution is -2.45. The number of carbonyl (C=O) groups is 1. The van der Waals surface area contributed by atoms with Crippen LogP contribution in [-0.2, 0) is 18.4 Å². The Morgan fingerprint density at radius 3 is 0.956 bits per heavy atom. The number of nitrogens with zero attached hydrogens (tertiary/aromatic N) is 1. The summed E-state index contributed by atoms with van der Waals surface area (Å²) >= 11 is 0. The van der Waals surface area contributed by atoms with Crippen molar-refractivity contribution in [3.8, 4) is 0 Å². The number of phosphoric acid groups is 1. The maximum atomic E-state index is 13.1. The molecule has 91 heavy (non-hydrogen) atoms. The van der Waals surface area contributed by atoms with Crippen LogP contribution in [0.4, 0.5) is 0 Å². The summed E-state index contributed by atoms with van der Waals surface area (Å²) in [6.07, 6.45) is 100. The van der Waals surface area contributed by atoms with Gasteiger partial charge >= 0.3 is 0 Å². The second-order valence-corrected chi connectivity index (χ2v) is 30.5. The molecule has 0 spiro atoms. The lowest BCUT2D eigenvalue weighted by Gasteiger charge is -2.29. The molecule has 0 aromatic carbocycles. The number of hydrogen-bond acceptors (Lipinski definition) is 6. The van der Waals surface area contributed by atoms with E-state index in [0.29, 0.717) is 17.4 Å². The normalized spacial score (nSPS) is 13.7. The number of aliphatic hydroxyl groups excluding tert-OH is 1. The van der Waals surface area contributed by atoms with Gasteiger partial charge in [-0.1, -0.05) is 396 Å². The molecule has 8 nitrogen and oxygen atoms in total. The standard InChI is InChI=1S/C82H159N2O6P/c1-6-8-10-12-14-16-18-20-22-24-26-28-30-32-34-36-38-39-40-41-42-43-44-45-46-48-50-52-54-56-58-60-62-64-66-68-70-72-74-76-82(86)83-80(79-90-91(87,88)89-78-77-84(3,4)5)81(85)75-73-71-69-67-65-63-61-59-57-55-53-51-49-47-37-35-33-31-29-27-25-23-21-19-17-15-13-11-9-7-2/h18,20,24,26,65,67,73,75,80-81,85H,6-17,19,21-23,25,27-64,66,68-72,74,76-79H2,1-5H3,(H-,83,86,87,88)/b20-18-,26-24-,67-65+,75-73+. The minimum Gasteiger partial charge on any atom is -0.756 e.